The molecule has 1 atom stereocenters. The van der Waals surface area contributed by atoms with Gasteiger partial charge in [-0.1, -0.05) is 11.6 Å². The van der Waals surface area contributed by atoms with Crippen molar-refractivity contribution in [3.05, 3.63) is 17.0 Å². The quantitative estimate of drug-likeness (QED) is 0.786. The zero-order chi connectivity index (χ0) is 13.0. The van der Waals surface area contributed by atoms with Gasteiger partial charge in [-0.25, -0.2) is 9.97 Å². The lowest BCUT2D eigenvalue weighted by Crippen LogP contribution is -2.31. The Balaban J connectivity index is 2.19. The fourth-order valence-corrected chi connectivity index (χ4v) is 2.20. The van der Waals surface area contributed by atoms with E-state index >= 15 is 0 Å². The molecule has 0 aromatic carbocycles. The van der Waals surface area contributed by atoms with Gasteiger partial charge in [0.1, 0.15) is 17.6 Å². The summed E-state index contributed by atoms with van der Waals surface area (Å²) in [7, 11) is 1.62. The Morgan fingerprint density at radius 2 is 2.39 bits per heavy atom. The minimum atomic E-state index is 0.201. The maximum absolute atomic E-state index is 6.02. The molecule has 100 valence electrons. The highest BCUT2D eigenvalue weighted by atomic mass is 35.5. The van der Waals surface area contributed by atoms with Gasteiger partial charge in [0, 0.05) is 32.9 Å². The van der Waals surface area contributed by atoms with Crippen molar-refractivity contribution in [3.63, 3.8) is 0 Å². The highest BCUT2D eigenvalue weighted by Crippen LogP contribution is 2.19. The van der Waals surface area contributed by atoms with Crippen molar-refractivity contribution in [1.29, 1.82) is 0 Å². The van der Waals surface area contributed by atoms with Gasteiger partial charge >= 0.3 is 0 Å². The Kier molecular flexibility index (Phi) is 4.74. The van der Waals surface area contributed by atoms with E-state index in [1.165, 1.54) is 0 Å². The first-order valence-corrected chi connectivity index (χ1v) is 6.46. The molecule has 1 saturated heterocycles. The largest absolute Gasteiger partial charge is 0.377 e. The van der Waals surface area contributed by atoms with Crippen LogP contribution in [0.3, 0.4) is 0 Å². The summed E-state index contributed by atoms with van der Waals surface area (Å²) in [5, 5.41) is 0.449. The number of hydrogen-bond acceptors (Lipinski definition) is 5. The first-order valence-electron chi connectivity index (χ1n) is 6.08. The Bertz CT molecular complexity index is 403. The molecule has 6 heteroatoms. The van der Waals surface area contributed by atoms with Crippen LogP contribution in [-0.4, -0.2) is 42.9 Å². The standard InChI is InChI=1S/C12H18ClN3O2/c1-9-7-16(4-3-5-18-9)12-6-10(13)14-11(15-12)8-17-2/h6,9H,3-5,7-8H2,1-2H3. The molecule has 2 rings (SSSR count). The normalized spacial score (nSPS) is 20.8. The van der Waals surface area contributed by atoms with E-state index in [0.29, 0.717) is 17.6 Å². The van der Waals surface area contributed by atoms with Gasteiger partial charge in [0.2, 0.25) is 0 Å². The van der Waals surface area contributed by atoms with Gasteiger partial charge in [0.05, 0.1) is 6.10 Å². The Labute approximate surface area is 112 Å². The average molecular weight is 272 g/mol. The summed E-state index contributed by atoms with van der Waals surface area (Å²) in [6.45, 7) is 4.97. The molecule has 1 unspecified atom stereocenters. The molecule has 5 nitrogen and oxygen atoms in total. The molecule has 0 bridgehead atoms. The number of rotatable bonds is 3. The van der Waals surface area contributed by atoms with Crippen LogP contribution >= 0.6 is 11.6 Å². The number of methoxy groups -OCH3 is 1. The molecule has 18 heavy (non-hydrogen) atoms. The molecule has 0 radical (unpaired) electrons. The molecule has 0 N–H and O–H groups in total. The second-order valence-electron chi connectivity index (χ2n) is 4.38. The summed E-state index contributed by atoms with van der Waals surface area (Å²) in [6, 6.07) is 1.79. The second-order valence-corrected chi connectivity index (χ2v) is 4.77. The second kappa shape index (κ2) is 6.31. The average Bonchev–Trinajstić information content (AvgIpc) is 2.53. The SMILES string of the molecule is COCc1nc(Cl)cc(N2CCCOC(C)C2)n1. The van der Waals surface area contributed by atoms with Gasteiger partial charge in [-0.15, -0.1) is 0 Å². The van der Waals surface area contributed by atoms with Crippen molar-refractivity contribution in [2.75, 3.05) is 31.7 Å². The van der Waals surface area contributed by atoms with Crippen molar-refractivity contribution >= 4 is 17.4 Å². The van der Waals surface area contributed by atoms with Crippen molar-refractivity contribution in [2.24, 2.45) is 0 Å². The summed E-state index contributed by atoms with van der Waals surface area (Å²) in [5.41, 5.74) is 0. The third kappa shape index (κ3) is 3.54. The third-order valence-electron chi connectivity index (χ3n) is 2.78. The lowest BCUT2D eigenvalue weighted by atomic mass is 10.3. The van der Waals surface area contributed by atoms with Crippen LogP contribution in [0.2, 0.25) is 5.15 Å². The molecule has 0 spiro atoms. The number of ether oxygens (including phenoxy) is 2. The zero-order valence-corrected chi connectivity index (χ0v) is 11.5. The van der Waals surface area contributed by atoms with Gasteiger partial charge in [-0.05, 0) is 13.3 Å². The molecule has 1 aliphatic heterocycles. The maximum atomic E-state index is 6.02. The Morgan fingerprint density at radius 1 is 1.56 bits per heavy atom. The summed E-state index contributed by atoms with van der Waals surface area (Å²) in [5.74, 6) is 1.46. The molecular weight excluding hydrogens is 254 g/mol. The van der Waals surface area contributed by atoms with Crippen LogP contribution in [0.4, 0.5) is 5.82 Å². The van der Waals surface area contributed by atoms with Crippen LogP contribution < -0.4 is 4.90 Å². The summed E-state index contributed by atoms with van der Waals surface area (Å²) < 4.78 is 10.7. The van der Waals surface area contributed by atoms with Crippen molar-refractivity contribution in [3.8, 4) is 0 Å². The first-order chi connectivity index (χ1) is 8.69. The predicted molar refractivity (Wildman–Crippen MR) is 70.0 cm³/mol. The van der Waals surface area contributed by atoms with Crippen LogP contribution in [0.25, 0.3) is 0 Å². The number of hydrogen-bond donors (Lipinski definition) is 0. The summed E-state index contributed by atoms with van der Waals surface area (Å²) in [4.78, 5) is 10.8. The van der Waals surface area contributed by atoms with E-state index in [4.69, 9.17) is 21.1 Å². The summed E-state index contributed by atoms with van der Waals surface area (Å²) in [6.07, 6.45) is 1.19. The topological polar surface area (TPSA) is 47.5 Å². The molecule has 0 saturated carbocycles. The Morgan fingerprint density at radius 3 is 3.17 bits per heavy atom. The van der Waals surface area contributed by atoms with Crippen LogP contribution in [0, 0.1) is 0 Å². The molecule has 1 aliphatic rings. The molecule has 0 aliphatic carbocycles. The van der Waals surface area contributed by atoms with E-state index in [1.54, 1.807) is 13.2 Å². The Hall–Kier alpha value is -0.910. The first kappa shape index (κ1) is 13.5. The molecule has 0 amide bonds. The fourth-order valence-electron chi connectivity index (χ4n) is 2.01. The molecular formula is C12H18ClN3O2. The lowest BCUT2D eigenvalue weighted by Gasteiger charge is -2.23. The van der Waals surface area contributed by atoms with Gasteiger partial charge in [-0.2, -0.15) is 0 Å². The number of anilines is 1. The molecule has 1 aromatic rings. The van der Waals surface area contributed by atoms with Crippen LogP contribution in [0.5, 0.6) is 0 Å². The molecule has 1 fully saturated rings. The maximum Gasteiger partial charge on any atom is 0.158 e. The highest BCUT2D eigenvalue weighted by molar-refractivity contribution is 6.29. The number of nitrogens with zero attached hydrogens (tertiary/aromatic N) is 3. The van der Waals surface area contributed by atoms with Crippen LogP contribution in [0.15, 0.2) is 6.07 Å². The number of aromatic nitrogens is 2. The lowest BCUT2D eigenvalue weighted by molar-refractivity contribution is 0.0820. The van der Waals surface area contributed by atoms with Crippen molar-refractivity contribution in [1.82, 2.24) is 9.97 Å². The van der Waals surface area contributed by atoms with E-state index < -0.39 is 0 Å². The monoisotopic (exact) mass is 271 g/mol. The molecule has 2 heterocycles. The van der Waals surface area contributed by atoms with E-state index in [2.05, 4.69) is 21.8 Å². The summed E-state index contributed by atoms with van der Waals surface area (Å²) >= 11 is 6.02. The highest BCUT2D eigenvalue weighted by Gasteiger charge is 2.17. The smallest absolute Gasteiger partial charge is 0.158 e. The van der Waals surface area contributed by atoms with Crippen molar-refractivity contribution in [2.45, 2.75) is 26.1 Å². The van der Waals surface area contributed by atoms with Gasteiger partial charge in [-0.3, -0.25) is 0 Å². The minimum absolute atomic E-state index is 0.201. The van der Waals surface area contributed by atoms with E-state index in [9.17, 15) is 0 Å². The van der Waals surface area contributed by atoms with Crippen molar-refractivity contribution < 1.29 is 9.47 Å². The van der Waals surface area contributed by atoms with Gasteiger partial charge in [0.15, 0.2) is 5.82 Å². The van der Waals surface area contributed by atoms with Crippen LogP contribution in [0.1, 0.15) is 19.2 Å². The zero-order valence-electron chi connectivity index (χ0n) is 10.7. The van der Waals surface area contributed by atoms with Gasteiger partial charge in [0.25, 0.3) is 0 Å². The minimum Gasteiger partial charge on any atom is -0.377 e. The predicted octanol–water partition coefficient (Wildman–Crippen LogP) is 1.89. The van der Waals surface area contributed by atoms with E-state index in [1.807, 2.05) is 0 Å². The fraction of sp³-hybridized carbons (Fsp3) is 0.667. The molecule has 1 aromatic heterocycles. The van der Waals surface area contributed by atoms with E-state index in [0.717, 1.165) is 31.9 Å². The van der Waals surface area contributed by atoms with Gasteiger partial charge < -0.3 is 14.4 Å². The van der Waals surface area contributed by atoms with Crippen LogP contribution in [-0.2, 0) is 16.1 Å². The number of halogens is 1. The van der Waals surface area contributed by atoms with E-state index in [-0.39, 0.29) is 6.10 Å². The third-order valence-corrected chi connectivity index (χ3v) is 2.97.